The molecule has 1 aliphatic heterocycles. The van der Waals surface area contributed by atoms with Crippen molar-refractivity contribution < 1.29 is 9.59 Å². The van der Waals surface area contributed by atoms with Crippen molar-refractivity contribution in [1.82, 2.24) is 19.6 Å². The van der Waals surface area contributed by atoms with Crippen LogP contribution in [0, 0.1) is 13.8 Å². The molecule has 166 valence electrons. The number of halogens is 1. The van der Waals surface area contributed by atoms with E-state index in [-0.39, 0.29) is 11.8 Å². The fourth-order valence-corrected chi connectivity index (χ4v) is 4.06. The fourth-order valence-electron chi connectivity index (χ4n) is 3.88. The van der Waals surface area contributed by atoms with Crippen LogP contribution in [0.5, 0.6) is 0 Å². The third-order valence-corrected chi connectivity index (χ3v) is 5.91. The van der Waals surface area contributed by atoms with Gasteiger partial charge in [0.25, 0.3) is 5.91 Å². The lowest BCUT2D eigenvalue weighted by atomic mass is 10.1. The number of para-hydroxylation sites is 1. The lowest BCUT2D eigenvalue weighted by Crippen LogP contribution is -2.50. The summed E-state index contributed by atoms with van der Waals surface area (Å²) in [5.74, 6) is -0.0945. The molecule has 1 saturated heterocycles. The van der Waals surface area contributed by atoms with Crippen LogP contribution in [-0.4, -0.2) is 64.1 Å². The molecule has 8 heteroatoms. The Morgan fingerprint density at radius 3 is 2.41 bits per heavy atom. The Labute approximate surface area is 192 Å². The molecule has 0 atom stereocenters. The third-order valence-electron chi connectivity index (χ3n) is 5.67. The standard InChI is InChI=1S/C24H26ClN5O2/c1-17-5-3-6-18(2)23(17)27-22(31)16-28-9-11-29(12-10-28)24(32)19-14-26-30(15-19)21-8-4-7-20(25)13-21/h3-8,13-15H,9-12,16H2,1-2H3,(H,27,31). The first-order valence-electron chi connectivity index (χ1n) is 10.6. The van der Waals surface area contributed by atoms with Crippen LogP contribution in [-0.2, 0) is 4.79 Å². The molecule has 2 heterocycles. The topological polar surface area (TPSA) is 70.5 Å². The van der Waals surface area contributed by atoms with E-state index in [0.29, 0.717) is 43.3 Å². The van der Waals surface area contributed by atoms with E-state index >= 15 is 0 Å². The second-order valence-electron chi connectivity index (χ2n) is 8.04. The summed E-state index contributed by atoms with van der Waals surface area (Å²) in [4.78, 5) is 29.3. The van der Waals surface area contributed by atoms with Crippen LogP contribution >= 0.6 is 11.6 Å². The number of benzene rings is 2. The van der Waals surface area contributed by atoms with E-state index < -0.39 is 0 Å². The molecule has 1 aliphatic rings. The van der Waals surface area contributed by atoms with Crippen LogP contribution in [0.25, 0.3) is 5.69 Å². The van der Waals surface area contributed by atoms with Crippen LogP contribution in [0.2, 0.25) is 5.02 Å². The average molecular weight is 452 g/mol. The van der Waals surface area contributed by atoms with E-state index in [1.807, 2.05) is 44.2 Å². The number of aryl methyl sites for hydroxylation is 2. The smallest absolute Gasteiger partial charge is 0.257 e. The van der Waals surface area contributed by atoms with Crippen molar-refractivity contribution in [3.05, 3.63) is 76.6 Å². The molecule has 2 aromatic carbocycles. The highest BCUT2D eigenvalue weighted by Gasteiger charge is 2.24. The Kier molecular flexibility index (Phi) is 6.58. The quantitative estimate of drug-likeness (QED) is 0.644. The highest BCUT2D eigenvalue weighted by atomic mass is 35.5. The Morgan fingerprint density at radius 1 is 1.03 bits per heavy atom. The van der Waals surface area contributed by atoms with Gasteiger partial charge in [0.2, 0.25) is 5.91 Å². The number of anilines is 1. The minimum absolute atomic E-state index is 0.0371. The summed E-state index contributed by atoms with van der Waals surface area (Å²) >= 11 is 6.05. The van der Waals surface area contributed by atoms with Gasteiger partial charge >= 0.3 is 0 Å². The van der Waals surface area contributed by atoms with E-state index in [4.69, 9.17) is 11.6 Å². The molecular formula is C24H26ClN5O2. The molecule has 2 amide bonds. The SMILES string of the molecule is Cc1cccc(C)c1NC(=O)CN1CCN(C(=O)c2cnn(-c3cccc(Cl)c3)c2)CC1. The van der Waals surface area contributed by atoms with Crippen LogP contribution in [0.1, 0.15) is 21.5 Å². The average Bonchev–Trinajstić information content (AvgIpc) is 3.27. The second-order valence-corrected chi connectivity index (χ2v) is 8.47. The fraction of sp³-hybridized carbons (Fsp3) is 0.292. The molecule has 0 unspecified atom stereocenters. The van der Waals surface area contributed by atoms with E-state index in [2.05, 4.69) is 15.3 Å². The van der Waals surface area contributed by atoms with Crippen molar-refractivity contribution in [1.29, 1.82) is 0 Å². The van der Waals surface area contributed by atoms with Gasteiger partial charge in [-0.05, 0) is 43.2 Å². The van der Waals surface area contributed by atoms with Gasteiger partial charge in [-0.25, -0.2) is 4.68 Å². The van der Waals surface area contributed by atoms with Gasteiger partial charge in [-0.3, -0.25) is 14.5 Å². The van der Waals surface area contributed by atoms with Gasteiger partial charge in [0.15, 0.2) is 0 Å². The van der Waals surface area contributed by atoms with Gasteiger partial charge in [0.1, 0.15) is 0 Å². The van der Waals surface area contributed by atoms with Crippen LogP contribution in [0.4, 0.5) is 5.69 Å². The lowest BCUT2D eigenvalue weighted by molar-refractivity contribution is -0.117. The summed E-state index contributed by atoms with van der Waals surface area (Å²) in [6, 6.07) is 13.3. The number of nitrogens with one attached hydrogen (secondary N) is 1. The molecule has 3 aromatic rings. The van der Waals surface area contributed by atoms with Crippen molar-refractivity contribution in [2.24, 2.45) is 0 Å². The molecule has 1 aromatic heterocycles. The van der Waals surface area contributed by atoms with Gasteiger partial charge < -0.3 is 10.2 Å². The Balaban J connectivity index is 1.31. The van der Waals surface area contributed by atoms with Gasteiger partial charge in [-0.2, -0.15) is 5.10 Å². The molecular weight excluding hydrogens is 426 g/mol. The number of piperazine rings is 1. The highest BCUT2D eigenvalue weighted by molar-refractivity contribution is 6.30. The van der Waals surface area contributed by atoms with Crippen LogP contribution in [0.3, 0.4) is 0 Å². The Bertz CT molecular complexity index is 1110. The highest BCUT2D eigenvalue weighted by Crippen LogP contribution is 2.20. The van der Waals surface area contributed by atoms with Gasteiger partial charge in [-0.15, -0.1) is 0 Å². The molecule has 4 rings (SSSR count). The Hall–Kier alpha value is -3.16. The number of rotatable bonds is 5. The van der Waals surface area contributed by atoms with Crippen molar-refractivity contribution in [3.8, 4) is 5.69 Å². The number of hydrogen-bond acceptors (Lipinski definition) is 4. The minimum atomic E-state index is -0.0575. The number of nitrogens with zero attached hydrogens (tertiary/aromatic N) is 4. The zero-order valence-electron chi connectivity index (χ0n) is 18.2. The number of carbonyl (C=O) groups is 2. The third kappa shape index (κ3) is 5.00. The summed E-state index contributed by atoms with van der Waals surface area (Å²) in [6.07, 6.45) is 3.30. The minimum Gasteiger partial charge on any atom is -0.336 e. The number of hydrogen-bond donors (Lipinski definition) is 1. The van der Waals surface area contributed by atoms with Crippen LogP contribution < -0.4 is 5.32 Å². The van der Waals surface area contributed by atoms with E-state index in [0.717, 1.165) is 22.5 Å². The zero-order chi connectivity index (χ0) is 22.7. The monoisotopic (exact) mass is 451 g/mol. The van der Waals surface area contributed by atoms with Crippen molar-refractivity contribution in [2.75, 3.05) is 38.0 Å². The van der Waals surface area contributed by atoms with Crippen molar-refractivity contribution >= 4 is 29.1 Å². The maximum atomic E-state index is 12.9. The van der Waals surface area contributed by atoms with E-state index in [1.54, 1.807) is 34.1 Å². The van der Waals surface area contributed by atoms with Gasteiger partial charge in [0, 0.05) is 43.1 Å². The Morgan fingerprint density at radius 2 is 1.72 bits per heavy atom. The molecule has 1 fully saturated rings. The maximum absolute atomic E-state index is 12.9. The molecule has 0 radical (unpaired) electrons. The molecule has 32 heavy (non-hydrogen) atoms. The molecule has 1 N–H and O–H groups in total. The summed E-state index contributed by atoms with van der Waals surface area (Å²) < 4.78 is 1.65. The lowest BCUT2D eigenvalue weighted by Gasteiger charge is -2.34. The second kappa shape index (κ2) is 9.54. The summed E-state index contributed by atoms with van der Waals surface area (Å²) in [6.45, 7) is 6.71. The van der Waals surface area contributed by atoms with E-state index in [9.17, 15) is 9.59 Å². The van der Waals surface area contributed by atoms with Crippen LogP contribution in [0.15, 0.2) is 54.9 Å². The molecule has 0 bridgehead atoms. The molecule has 7 nitrogen and oxygen atoms in total. The van der Waals surface area contributed by atoms with Crippen molar-refractivity contribution in [2.45, 2.75) is 13.8 Å². The number of carbonyl (C=O) groups excluding carboxylic acids is 2. The van der Waals surface area contributed by atoms with Gasteiger partial charge in [-0.1, -0.05) is 35.9 Å². The zero-order valence-corrected chi connectivity index (χ0v) is 19.0. The first kappa shape index (κ1) is 22.0. The summed E-state index contributed by atoms with van der Waals surface area (Å²) in [5, 5.41) is 7.94. The first-order valence-corrected chi connectivity index (χ1v) is 11.0. The number of aromatic nitrogens is 2. The van der Waals surface area contributed by atoms with Gasteiger partial charge in [0.05, 0.1) is 24.0 Å². The number of amides is 2. The summed E-state index contributed by atoms with van der Waals surface area (Å²) in [7, 11) is 0. The summed E-state index contributed by atoms with van der Waals surface area (Å²) in [5.41, 5.74) is 4.31. The van der Waals surface area contributed by atoms with Crippen molar-refractivity contribution in [3.63, 3.8) is 0 Å². The predicted octanol–water partition coefficient (Wildman–Crippen LogP) is 3.54. The molecule has 0 aliphatic carbocycles. The normalized spacial score (nSPS) is 14.4. The van der Waals surface area contributed by atoms with E-state index in [1.165, 1.54) is 0 Å². The predicted molar refractivity (Wildman–Crippen MR) is 125 cm³/mol. The molecule has 0 saturated carbocycles. The maximum Gasteiger partial charge on any atom is 0.257 e. The first-order chi connectivity index (χ1) is 15.4. The molecule has 0 spiro atoms. The largest absolute Gasteiger partial charge is 0.336 e.